The Kier molecular flexibility index (Phi) is 5.48. The molecule has 0 fully saturated rings. The summed E-state index contributed by atoms with van der Waals surface area (Å²) >= 11 is 0. The summed E-state index contributed by atoms with van der Waals surface area (Å²) in [5.41, 5.74) is 1.30. The molecular formula is C27H25F2N5O4. The second-order valence-electron chi connectivity index (χ2n) is 10.4. The Hall–Kier alpha value is -4.28. The maximum absolute atomic E-state index is 15.3. The highest BCUT2D eigenvalue weighted by Crippen LogP contribution is 2.44. The summed E-state index contributed by atoms with van der Waals surface area (Å²) in [6.07, 6.45) is 2.19. The van der Waals surface area contributed by atoms with Gasteiger partial charge in [0.15, 0.2) is 23.0 Å². The Labute approximate surface area is 217 Å². The van der Waals surface area contributed by atoms with Gasteiger partial charge < -0.3 is 14.2 Å². The number of pyridine rings is 2. The third-order valence-corrected chi connectivity index (χ3v) is 6.60. The number of benzene rings is 1. The Morgan fingerprint density at radius 3 is 2.63 bits per heavy atom. The van der Waals surface area contributed by atoms with E-state index in [1.807, 2.05) is 0 Å². The van der Waals surface area contributed by atoms with Gasteiger partial charge in [0.25, 0.3) is 0 Å². The second kappa shape index (κ2) is 8.64. The molecule has 0 bridgehead atoms. The highest BCUT2D eigenvalue weighted by Gasteiger charge is 2.37. The van der Waals surface area contributed by atoms with E-state index >= 15 is 8.78 Å². The average molecular weight is 522 g/mol. The second-order valence-corrected chi connectivity index (χ2v) is 10.4. The first-order valence-corrected chi connectivity index (χ1v) is 12.2. The van der Waals surface area contributed by atoms with Gasteiger partial charge in [0.2, 0.25) is 0 Å². The van der Waals surface area contributed by atoms with Crippen LogP contribution in [0.2, 0.25) is 0 Å². The van der Waals surface area contributed by atoms with E-state index in [-0.39, 0.29) is 47.5 Å². The van der Waals surface area contributed by atoms with Crippen molar-refractivity contribution in [2.75, 3.05) is 18.1 Å². The summed E-state index contributed by atoms with van der Waals surface area (Å²) in [6, 6.07) is 6.08. The number of anilines is 1. The number of aryl methyl sites for hydroxylation is 1. The Bertz CT molecular complexity index is 1600. The molecule has 0 N–H and O–H groups in total. The van der Waals surface area contributed by atoms with Crippen molar-refractivity contribution in [3.63, 3.8) is 0 Å². The minimum absolute atomic E-state index is 0.142. The van der Waals surface area contributed by atoms with Crippen LogP contribution in [0, 0.1) is 18.6 Å². The number of halogens is 2. The fourth-order valence-electron chi connectivity index (χ4n) is 4.92. The lowest BCUT2D eigenvalue weighted by molar-refractivity contribution is 0.0574. The number of rotatable bonds is 1. The van der Waals surface area contributed by atoms with Crippen LogP contribution in [-0.4, -0.2) is 44.5 Å². The van der Waals surface area contributed by atoms with Gasteiger partial charge in [0, 0.05) is 28.5 Å². The smallest absolute Gasteiger partial charge is 0.416 e. The molecule has 4 aromatic rings. The zero-order valence-electron chi connectivity index (χ0n) is 21.3. The van der Waals surface area contributed by atoms with Gasteiger partial charge in [0.05, 0.1) is 31.4 Å². The van der Waals surface area contributed by atoms with E-state index in [4.69, 9.17) is 14.2 Å². The predicted octanol–water partition coefficient (Wildman–Crippen LogP) is 5.19. The first kappa shape index (κ1) is 24.1. The number of ether oxygens (including phenoxy) is 3. The van der Waals surface area contributed by atoms with E-state index in [9.17, 15) is 4.79 Å². The fourth-order valence-corrected chi connectivity index (χ4v) is 4.92. The first-order chi connectivity index (χ1) is 18.1. The molecule has 1 atom stereocenters. The molecule has 11 heteroatoms. The molecule has 0 radical (unpaired) electrons. The van der Waals surface area contributed by atoms with Crippen LogP contribution in [0.4, 0.5) is 19.4 Å². The van der Waals surface area contributed by atoms with E-state index < -0.39 is 23.3 Å². The van der Waals surface area contributed by atoms with Crippen LogP contribution in [0.15, 0.2) is 36.8 Å². The fraction of sp³-hybridized carbons (Fsp3) is 0.333. The Morgan fingerprint density at radius 1 is 1.11 bits per heavy atom. The molecule has 0 unspecified atom stereocenters. The molecule has 0 aliphatic carbocycles. The molecule has 0 spiro atoms. The third-order valence-electron chi connectivity index (χ3n) is 6.60. The summed E-state index contributed by atoms with van der Waals surface area (Å²) in [5, 5.41) is 8.26. The van der Waals surface area contributed by atoms with Crippen LogP contribution in [0.1, 0.15) is 43.5 Å². The number of carbonyl (C=O) groups is 1. The Morgan fingerprint density at radius 2 is 1.87 bits per heavy atom. The zero-order valence-corrected chi connectivity index (χ0v) is 21.3. The number of fused-ring (bicyclic) bond motifs is 3. The number of hydrogen-bond donors (Lipinski definition) is 0. The number of hydrogen-bond acceptors (Lipinski definition) is 7. The van der Waals surface area contributed by atoms with Crippen molar-refractivity contribution in [3.05, 3.63) is 65.2 Å². The summed E-state index contributed by atoms with van der Waals surface area (Å²) < 4.78 is 49.9. The summed E-state index contributed by atoms with van der Waals surface area (Å²) in [7, 11) is 0. The van der Waals surface area contributed by atoms with Crippen molar-refractivity contribution in [3.8, 4) is 22.6 Å². The van der Waals surface area contributed by atoms with Gasteiger partial charge in [-0.25, -0.2) is 13.6 Å². The normalized spacial score (nSPS) is 16.6. The topological polar surface area (TPSA) is 91.1 Å². The lowest BCUT2D eigenvalue weighted by atomic mass is 9.95. The van der Waals surface area contributed by atoms with Gasteiger partial charge >= 0.3 is 6.09 Å². The number of amides is 1. The predicted molar refractivity (Wildman–Crippen MR) is 133 cm³/mol. The number of nitrogens with zero attached hydrogens (tertiary/aromatic N) is 5. The molecule has 0 saturated carbocycles. The molecule has 6 rings (SSSR count). The third kappa shape index (κ3) is 3.89. The van der Waals surface area contributed by atoms with Crippen molar-refractivity contribution in [2.24, 2.45) is 0 Å². The van der Waals surface area contributed by atoms with E-state index in [1.165, 1.54) is 27.9 Å². The van der Waals surface area contributed by atoms with E-state index in [1.54, 1.807) is 45.9 Å². The maximum atomic E-state index is 15.3. The summed E-state index contributed by atoms with van der Waals surface area (Å²) in [6.45, 7) is 7.09. The molecule has 38 heavy (non-hydrogen) atoms. The lowest BCUT2D eigenvalue weighted by Crippen LogP contribution is -2.38. The van der Waals surface area contributed by atoms with Crippen LogP contribution in [0.25, 0.3) is 16.8 Å². The highest BCUT2D eigenvalue weighted by atomic mass is 19.1. The van der Waals surface area contributed by atoms with Crippen LogP contribution < -0.4 is 14.4 Å². The van der Waals surface area contributed by atoms with E-state index in [0.717, 1.165) is 0 Å². The zero-order chi connectivity index (χ0) is 26.8. The summed E-state index contributed by atoms with van der Waals surface area (Å²) in [5.74, 6) is -0.202. The molecule has 196 valence electrons. The van der Waals surface area contributed by atoms with E-state index in [0.29, 0.717) is 29.0 Å². The molecular weight excluding hydrogens is 496 g/mol. The van der Waals surface area contributed by atoms with Crippen LogP contribution in [-0.2, 0) is 11.3 Å². The van der Waals surface area contributed by atoms with E-state index in [2.05, 4.69) is 15.2 Å². The van der Waals surface area contributed by atoms with Crippen molar-refractivity contribution in [2.45, 2.75) is 45.8 Å². The van der Waals surface area contributed by atoms with Crippen LogP contribution in [0.3, 0.4) is 0 Å². The van der Waals surface area contributed by atoms with Gasteiger partial charge in [0.1, 0.15) is 23.5 Å². The molecule has 5 heterocycles. The lowest BCUT2D eigenvalue weighted by Gasteiger charge is -2.29. The minimum Gasteiger partial charge on any atom is -0.493 e. The molecule has 2 aliphatic heterocycles. The largest absolute Gasteiger partial charge is 0.493 e. The molecule has 2 aliphatic rings. The van der Waals surface area contributed by atoms with Crippen molar-refractivity contribution in [1.82, 2.24) is 19.6 Å². The minimum atomic E-state index is -0.830. The first-order valence-electron chi connectivity index (χ1n) is 12.2. The van der Waals surface area contributed by atoms with Gasteiger partial charge in [-0.15, -0.1) is 10.2 Å². The quantitative estimate of drug-likeness (QED) is 0.341. The monoisotopic (exact) mass is 521 g/mol. The average Bonchev–Trinajstić information content (AvgIpc) is 3.50. The maximum Gasteiger partial charge on any atom is 0.416 e. The molecule has 1 amide bonds. The van der Waals surface area contributed by atoms with Crippen molar-refractivity contribution >= 4 is 17.6 Å². The van der Waals surface area contributed by atoms with Gasteiger partial charge in [-0.1, -0.05) is 0 Å². The highest BCUT2D eigenvalue weighted by molar-refractivity contribution is 5.92. The molecule has 0 saturated heterocycles. The number of aromatic nitrogens is 4. The number of carbonyl (C=O) groups excluding carboxylic acids is 1. The SMILES string of the molecule is Cc1nccc(-c2cc3c(n4cnnc24)N(C(=O)OC(C)(C)C)Cc2c(F)ccc4c2[C@H](CO4)CO3)c1F. The van der Waals surface area contributed by atoms with Crippen LogP contribution >= 0.6 is 0 Å². The van der Waals surface area contributed by atoms with Gasteiger partial charge in [-0.3, -0.25) is 14.3 Å². The van der Waals surface area contributed by atoms with Crippen molar-refractivity contribution in [1.29, 1.82) is 0 Å². The van der Waals surface area contributed by atoms with Gasteiger partial charge in [-0.2, -0.15) is 0 Å². The van der Waals surface area contributed by atoms with Crippen molar-refractivity contribution < 1.29 is 27.8 Å². The molecule has 1 aromatic carbocycles. The Balaban J connectivity index is 1.61. The standard InChI is InChI=1S/C27H25F2N5O4/c1-14-23(29)16(7-8-30-14)17-9-21-25(34-13-31-32-24(17)34)33(26(35)38-27(2,3)4)10-18-19(28)5-6-20-22(18)15(11-36-20)12-37-21/h5-9,13,15H,10-12H2,1-4H3/t15-/m1/s1. The summed E-state index contributed by atoms with van der Waals surface area (Å²) in [4.78, 5) is 19.0. The molecule has 3 aromatic heterocycles. The van der Waals surface area contributed by atoms with Crippen LogP contribution in [0.5, 0.6) is 11.5 Å². The molecule has 9 nitrogen and oxygen atoms in total. The van der Waals surface area contributed by atoms with Gasteiger partial charge in [-0.05, 0) is 52.0 Å².